The Morgan fingerprint density at radius 3 is 2.90 bits per heavy atom. The van der Waals surface area contributed by atoms with E-state index in [1.807, 2.05) is 16.7 Å². The summed E-state index contributed by atoms with van der Waals surface area (Å²) in [6.45, 7) is 1.13. The van der Waals surface area contributed by atoms with Crippen LogP contribution in [0, 0.1) is 0 Å². The fraction of sp³-hybridized carbons (Fsp3) is 0.571. The maximum Gasteiger partial charge on any atom is 0.253 e. The minimum Gasteiger partial charge on any atom is -0.388 e. The van der Waals surface area contributed by atoms with Crippen LogP contribution in [0.2, 0.25) is 5.02 Å². The van der Waals surface area contributed by atoms with Gasteiger partial charge in [0.15, 0.2) is 0 Å². The van der Waals surface area contributed by atoms with Crippen LogP contribution in [0.1, 0.15) is 48.9 Å². The molecule has 2 N–H and O–H groups in total. The number of aromatic nitrogens is 1. The number of alkyl halides is 2. The molecule has 8 heteroatoms. The van der Waals surface area contributed by atoms with Gasteiger partial charge in [0.1, 0.15) is 0 Å². The Morgan fingerprint density at radius 2 is 2.17 bits per heavy atom. The van der Waals surface area contributed by atoms with Crippen molar-refractivity contribution in [3.05, 3.63) is 35.0 Å². The van der Waals surface area contributed by atoms with Crippen molar-refractivity contribution in [1.29, 1.82) is 0 Å². The first-order chi connectivity index (χ1) is 13.8. The SMILES string of the molecule is O=C(NCC1(O)CCCC(F)(F)C1)c1cn(C[C@H]2CCCO2)c2cccc(Cl)c12. The lowest BCUT2D eigenvalue weighted by atomic mass is 9.82. The molecule has 1 aromatic heterocycles. The van der Waals surface area contributed by atoms with E-state index in [2.05, 4.69) is 5.32 Å². The zero-order chi connectivity index (χ0) is 20.6. The van der Waals surface area contributed by atoms with E-state index in [9.17, 15) is 18.7 Å². The third kappa shape index (κ3) is 4.42. The number of carbonyl (C=O) groups excluding carboxylic acids is 1. The van der Waals surface area contributed by atoms with Gasteiger partial charge in [0, 0.05) is 44.1 Å². The van der Waals surface area contributed by atoms with Crippen LogP contribution in [0.15, 0.2) is 24.4 Å². The first kappa shape index (κ1) is 20.6. The number of halogens is 3. The van der Waals surface area contributed by atoms with E-state index in [-0.39, 0.29) is 31.9 Å². The van der Waals surface area contributed by atoms with Crippen LogP contribution < -0.4 is 5.32 Å². The fourth-order valence-corrected chi connectivity index (χ4v) is 4.74. The monoisotopic (exact) mass is 426 g/mol. The number of nitrogens with zero attached hydrogens (tertiary/aromatic N) is 1. The summed E-state index contributed by atoms with van der Waals surface area (Å²) in [7, 11) is 0. The number of rotatable bonds is 5. The van der Waals surface area contributed by atoms with Gasteiger partial charge in [0.2, 0.25) is 0 Å². The highest BCUT2D eigenvalue weighted by Gasteiger charge is 2.44. The van der Waals surface area contributed by atoms with Crippen molar-refractivity contribution in [2.24, 2.45) is 0 Å². The molecule has 1 aliphatic heterocycles. The molecule has 2 atom stereocenters. The molecular weight excluding hydrogens is 402 g/mol. The number of amides is 1. The summed E-state index contributed by atoms with van der Waals surface area (Å²) in [5.74, 6) is -3.34. The van der Waals surface area contributed by atoms with Gasteiger partial charge in [-0.2, -0.15) is 0 Å². The predicted molar refractivity (Wildman–Crippen MR) is 107 cm³/mol. The fourth-order valence-electron chi connectivity index (χ4n) is 4.46. The van der Waals surface area contributed by atoms with Gasteiger partial charge in [-0.1, -0.05) is 17.7 Å². The second-order valence-electron chi connectivity index (χ2n) is 8.26. The number of hydrogen-bond acceptors (Lipinski definition) is 3. The Labute approximate surface area is 173 Å². The van der Waals surface area contributed by atoms with E-state index in [0.29, 0.717) is 22.5 Å². The number of hydrogen-bond donors (Lipinski definition) is 2. The Balaban J connectivity index is 1.55. The highest BCUT2D eigenvalue weighted by molar-refractivity contribution is 6.36. The van der Waals surface area contributed by atoms with E-state index in [1.165, 1.54) is 0 Å². The molecule has 2 fully saturated rings. The minimum atomic E-state index is -2.90. The summed E-state index contributed by atoms with van der Waals surface area (Å²) in [5, 5.41) is 14.2. The van der Waals surface area contributed by atoms with Gasteiger partial charge >= 0.3 is 0 Å². The molecule has 1 aliphatic carbocycles. The maximum atomic E-state index is 13.7. The van der Waals surface area contributed by atoms with Crippen LogP contribution >= 0.6 is 11.6 Å². The van der Waals surface area contributed by atoms with Crippen LogP contribution in [0.25, 0.3) is 10.9 Å². The second kappa shape index (κ2) is 7.85. The molecule has 1 amide bonds. The predicted octanol–water partition coefficient (Wildman–Crippen LogP) is 4.14. The van der Waals surface area contributed by atoms with Gasteiger partial charge in [-0.05, 0) is 37.8 Å². The van der Waals surface area contributed by atoms with Crippen molar-refractivity contribution < 1.29 is 23.4 Å². The van der Waals surface area contributed by atoms with E-state index < -0.39 is 23.9 Å². The van der Waals surface area contributed by atoms with Gasteiger partial charge < -0.3 is 19.7 Å². The maximum absolute atomic E-state index is 13.7. The van der Waals surface area contributed by atoms with E-state index in [0.717, 1.165) is 25.0 Å². The molecule has 0 spiro atoms. The first-order valence-electron chi connectivity index (χ1n) is 10.0. The van der Waals surface area contributed by atoms with Crippen LogP contribution in [-0.2, 0) is 11.3 Å². The summed E-state index contributed by atoms with van der Waals surface area (Å²) < 4.78 is 35.1. The molecule has 4 rings (SSSR count). The van der Waals surface area contributed by atoms with Crippen LogP contribution in [0.3, 0.4) is 0 Å². The van der Waals surface area contributed by atoms with Gasteiger partial charge in [0.05, 0.1) is 27.8 Å². The lowest BCUT2D eigenvalue weighted by molar-refractivity contribution is -0.121. The topological polar surface area (TPSA) is 63.5 Å². The molecule has 5 nitrogen and oxygen atoms in total. The smallest absolute Gasteiger partial charge is 0.253 e. The Morgan fingerprint density at radius 1 is 1.34 bits per heavy atom. The largest absolute Gasteiger partial charge is 0.388 e. The van der Waals surface area contributed by atoms with Crippen molar-refractivity contribution in [1.82, 2.24) is 9.88 Å². The standard InChI is InChI=1S/C21H25ClF2N2O3/c22-16-5-1-6-17-18(16)15(11-26(17)10-14-4-2-9-29-14)19(27)25-13-20(28)7-3-8-21(23,24)12-20/h1,5-6,11,14,28H,2-4,7-10,12-13H2,(H,25,27)/t14-,20?/m1/s1. The molecule has 1 aromatic carbocycles. The zero-order valence-corrected chi connectivity index (χ0v) is 16.9. The highest BCUT2D eigenvalue weighted by atomic mass is 35.5. The number of aliphatic hydroxyl groups is 1. The van der Waals surface area contributed by atoms with Crippen molar-refractivity contribution >= 4 is 28.4 Å². The number of ether oxygens (including phenoxy) is 1. The molecule has 0 radical (unpaired) electrons. The number of nitrogens with one attached hydrogen (secondary N) is 1. The minimum absolute atomic E-state index is 0.0886. The third-order valence-corrected chi connectivity index (χ3v) is 6.19. The third-order valence-electron chi connectivity index (χ3n) is 5.87. The molecule has 0 bridgehead atoms. The van der Waals surface area contributed by atoms with E-state index in [4.69, 9.17) is 16.3 Å². The average Bonchev–Trinajstić information content (AvgIpc) is 3.28. The summed E-state index contributed by atoms with van der Waals surface area (Å²) in [6.07, 6.45) is 3.40. The van der Waals surface area contributed by atoms with Crippen molar-refractivity contribution in [2.75, 3.05) is 13.2 Å². The Hall–Kier alpha value is -1.70. The first-order valence-corrected chi connectivity index (χ1v) is 10.4. The summed E-state index contributed by atoms with van der Waals surface area (Å²) in [6, 6.07) is 5.43. The quantitative estimate of drug-likeness (QED) is 0.755. The van der Waals surface area contributed by atoms with Gasteiger partial charge in [-0.15, -0.1) is 0 Å². The zero-order valence-electron chi connectivity index (χ0n) is 16.1. The molecule has 1 saturated carbocycles. The summed E-state index contributed by atoms with van der Waals surface area (Å²) in [5.41, 5.74) is -0.409. The van der Waals surface area contributed by atoms with Crippen molar-refractivity contribution in [2.45, 2.75) is 62.7 Å². The highest BCUT2D eigenvalue weighted by Crippen LogP contribution is 2.39. The number of benzene rings is 1. The lowest BCUT2D eigenvalue weighted by Crippen LogP contribution is -2.49. The summed E-state index contributed by atoms with van der Waals surface area (Å²) >= 11 is 6.38. The number of carbonyl (C=O) groups is 1. The molecule has 158 valence electrons. The van der Waals surface area contributed by atoms with Gasteiger partial charge in [-0.3, -0.25) is 4.79 Å². The molecule has 1 saturated heterocycles. The molecule has 1 unspecified atom stereocenters. The Kier molecular flexibility index (Phi) is 5.57. The van der Waals surface area contributed by atoms with E-state index >= 15 is 0 Å². The van der Waals surface area contributed by atoms with Gasteiger partial charge in [0.25, 0.3) is 11.8 Å². The number of fused-ring (bicyclic) bond motifs is 1. The van der Waals surface area contributed by atoms with Crippen LogP contribution in [0.5, 0.6) is 0 Å². The lowest BCUT2D eigenvalue weighted by Gasteiger charge is -2.36. The summed E-state index contributed by atoms with van der Waals surface area (Å²) in [4.78, 5) is 12.9. The van der Waals surface area contributed by atoms with Crippen molar-refractivity contribution in [3.63, 3.8) is 0 Å². The average molecular weight is 427 g/mol. The normalized spacial score (nSPS) is 26.7. The second-order valence-corrected chi connectivity index (χ2v) is 8.66. The molecule has 2 aliphatic rings. The Bertz CT molecular complexity index is 911. The molecule has 2 aromatic rings. The van der Waals surface area contributed by atoms with Crippen LogP contribution in [-0.4, -0.2) is 46.4 Å². The van der Waals surface area contributed by atoms with Crippen molar-refractivity contribution in [3.8, 4) is 0 Å². The molecule has 29 heavy (non-hydrogen) atoms. The van der Waals surface area contributed by atoms with Crippen LogP contribution in [0.4, 0.5) is 8.78 Å². The molecular formula is C21H25ClF2N2O3. The molecule has 2 heterocycles. The van der Waals surface area contributed by atoms with E-state index in [1.54, 1.807) is 12.3 Å². The van der Waals surface area contributed by atoms with Gasteiger partial charge in [-0.25, -0.2) is 8.78 Å².